The van der Waals surface area contributed by atoms with Crippen molar-refractivity contribution in [1.82, 2.24) is 30.5 Å². The summed E-state index contributed by atoms with van der Waals surface area (Å²) in [5.41, 5.74) is 1.85. The van der Waals surface area contributed by atoms with Crippen molar-refractivity contribution >= 4 is 11.7 Å². The minimum Gasteiger partial charge on any atom is -0.470 e. The number of nitrogens with one attached hydrogen (secondary N) is 1. The number of halogens is 2. The first kappa shape index (κ1) is 20.6. The smallest absolute Gasteiger partial charge is 0.263 e. The predicted octanol–water partition coefficient (Wildman–Crippen LogP) is 2.21. The Balaban J connectivity index is 1.45. The molecule has 0 saturated carbocycles. The van der Waals surface area contributed by atoms with E-state index in [0.717, 1.165) is 0 Å². The molecule has 31 heavy (non-hydrogen) atoms. The van der Waals surface area contributed by atoms with Crippen molar-refractivity contribution in [3.8, 4) is 11.6 Å². The van der Waals surface area contributed by atoms with Crippen molar-refractivity contribution < 1.29 is 18.3 Å². The van der Waals surface area contributed by atoms with E-state index in [1.54, 1.807) is 35.9 Å². The summed E-state index contributed by atoms with van der Waals surface area (Å²) < 4.78 is 32.9. The lowest BCUT2D eigenvalue weighted by molar-refractivity contribution is -0.121. The van der Waals surface area contributed by atoms with Gasteiger partial charge in [0.1, 0.15) is 12.3 Å². The maximum Gasteiger partial charge on any atom is 0.263 e. The number of carbonyl (C=O) groups excluding carboxylic acids is 1. The van der Waals surface area contributed by atoms with Gasteiger partial charge in [0.2, 0.25) is 11.8 Å². The second-order valence-electron chi connectivity index (χ2n) is 7.29. The molecular weight excluding hydrogens is 408 g/mol. The summed E-state index contributed by atoms with van der Waals surface area (Å²) in [5, 5.41) is 19.2. The number of benzene rings is 1. The third kappa shape index (κ3) is 4.60. The third-order valence-electron chi connectivity index (χ3n) is 4.89. The zero-order chi connectivity index (χ0) is 22.0. The van der Waals surface area contributed by atoms with Gasteiger partial charge >= 0.3 is 0 Å². The maximum absolute atomic E-state index is 12.8. The highest BCUT2D eigenvalue weighted by molar-refractivity contribution is 5.82. The number of aromatic nitrogens is 5. The molecule has 0 aliphatic carbocycles. The van der Waals surface area contributed by atoms with Crippen LogP contribution in [0.3, 0.4) is 0 Å². The molecule has 2 aromatic heterocycles. The molecule has 11 heteroatoms. The van der Waals surface area contributed by atoms with Crippen LogP contribution in [0, 0.1) is 6.92 Å². The lowest BCUT2D eigenvalue weighted by atomic mass is 10.2. The van der Waals surface area contributed by atoms with Gasteiger partial charge in [0.25, 0.3) is 6.43 Å². The third-order valence-corrected chi connectivity index (χ3v) is 4.89. The van der Waals surface area contributed by atoms with Crippen molar-refractivity contribution in [1.29, 1.82) is 0 Å². The second kappa shape index (κ2) is 8.62. The fraction of sp³-hybridized carbons (Fsp3) is 0.350. The Kier molecular flexibility index (Phi) is 5.74. The monoisotopic (exact) mass is 429 g/mol. The second-order valence-corrected chi connectivity index (χ2v) is 7.29. The van der Waals surface area contributed by atoms with E-state index in [9.17, 15) is 13.6 Å². The van der Waals surface area contributed by atoms with Gasteiger partial charge in [-0.05, 0) is 32.0 Å². The number of hydrogen-bond donors (Lipinski definition) is 1. The molecule has 1 fully saturated rings. The summed E-state index contributed by atoms with van der Waals surface area (Å²) in [7, 11) is 0. The van der Waals surface area contributed by atoms with Crippen LogP contribution in [0.2, 0.25) is 0 Å². The van der Waals surface area contributed by atoms with Crippen molar-refractivity contribution in [3.05, 3.63) is 53.3 Å². The molecule has 3 aromatic rings. The topological polar surface area (TPSA) is 98.1 Å². The molecule has 1 aromatic carbocycles. The van der Waals surface area contributed by atoms with Crippen molar-refractivity contribution in [2.45, 2.75) is 32.9 Å². The highest BCUT2D eigenvalue weighted by atomic mass is 19.3. The van der Waals surface area contributed by atoms with Crippen LogP contribution < -0.4 is 15.0 Å². The lowest BCUT2D eigenvalue weighted by Crippen LogP contribution is -2.53. The number of ether oxygens (including phenoxy) is 1. The van der Waals surface area contributed by atoms with Crippen molar-refractivity contribution in [3.63, 3.8) is 0 Å². The standard InChI is InChI=1S/C20H21F2N7O2/c1-12-9-28(10-18(30)23-12)17-7-8-19(26-25-17)31-11-16-13(2)24-27-29(16)15-5-3-14(4-6-15)20(21)22/h3-8,12,20H,9-11H2,1-2H3,(H,23,30). The first-order valence-corrected chi connectivity index (χ1v) is 9.71. The molecule has 9 nitrogen and oxygen atoms in total. The van der Waals surface area contributed by atoms with E-state index >= 15 is 0 Å². The number of aryl methyl sites for hydroxylation is 1. The lowest BCUT2D eigenvalue weighted by Gasteiger charge is -2.31. The number of hydrogen-bond acceptors (Lipinski definition) is 7. The van der Waals surface area contributed by atoms with Crippen LogP contribution in [0.15, 0.2) is 36.4 Å². The van der Waals surface area contributed by atoms with E-state index in [1.165, 1.54) is 12.1 Å². The minimum atomic E-state index is -2.53. The number of amides is 1. The van der Waals surface area contributed by atoms with Crippen LogP contribution in [0.25, 0.3) is 5.69 Å². The van der Waals surface area contributed by atoms with Gasteiger partial charge in [0.15, 0.2) is 5.82 Å². The van der Waals surface area contributed by atoms with Gasteiger partial charge in [-0.3, -0.25) is 4.79 Å². The van der Waals surface area contributed by atoms with E-state index in [0.29, 0.717) is 35.3 Å². The largest absolute Gasteiger partial charge is 0.470 e. The van der Waals surface area contributed by atoms with Gasteiger partial charge in [-0.2, -0.15) is 0 Å². The average Bonchev–Trinajstić information content (AvgIpc) is 3.12. The predicted molar refractivity (Wildman–Crippen MR) is 107 cm³/mol. The number of anilines is 1. The van der Waals surface area contributed by atoms with Gasteiger partial charge < -0.3 is 15.0 Å². The maximum atomic E-state index is 12.8. The number of piperazine rings is 1. The molecule has 1 atom stereocenters. The molecular formula is C20H21F2N7O2. The fourth-order valence-corrected chi connectivity index (χ4v) is 3.32. The summed E-state index contributed by atoms with van der Waals surface area (Å²) in [4.78, 5) is 13.6. The van der Waals surface area contributed by atoms with Crippen LogP contribution >= 0.6 is 0 Å². The van der Waals surface area contributed by atoms with Gasteiger partial charge in [-0.1, -0.05) is 17.3 Å². The van der Waals surface area contributed by atoms with Gasteiger partial charge in [0.05, 0.1) is 17.9 Å². The van der Waals surface area contributed by atoms with E-state index in [4.69, 9.17) is 4.74 Å². The summed E-state index contributed by atoms with van der Waals surface area (Å²) in [6.45, 7) is 4.71. The Morgan fingerprint density at radius 2 is 1.94 bits per heavy atom. The zero-order valence-corrected chi connectivity index (χ0v) is 17.0. The molecule has 1 aliphatic heterocycles. The molecule has 0 radical (unpaired) electrons. The normalized spacial score (nSPS) is 16.5. The fourth-order valence-electron chi connectivity index (χ4n) is 3.32. The Bertz CT molecular complexity index is 1050. The molecule has 1 saturated heterocycles. The first-order chi connectivity index (χ1) is 14.9. The van der Waals surface area contributed by atoms with Gasteiger partial charge in [0, 0.05) is 24.2 Å². The van der Waals surface area contributed by atoms with Crippen LogP contribution in [-0.4, -0.2) is 50.2 Å². The molecule has 0 bridgehead atoms. The first-order valence-electron chi connectivity index (χ1n) is 9.71. The van der Waals surface area contributed by atoms with Crippen LogP contribution in [0.1, 0.15) is 30.3 Å². The van der Waals surface area contributed by atoms with E-state index < -0.39 is 6.43 Å². The van der Waals surface area contributed by atoms with Gasteiger partial charge in [-0.25, -0.2) is 13.5 Å². The van der Waals surface area contributed by atoms with Crippen LogP contribution in [0.4, 0.5) is 14.6 Å². The number of alkyl halides is 2. The Hall–Kier alpha value is -3.63. The molecule has 1 aliphatic rings. The van der Waals surface area contributed by atoms with E-state index in [2.05, 4.69) is 25.8 Å². The molecule has 1 amide bonds. The van der Waals surface area contributed by atoms with Crippen LogP contribution in [-0.2, 0) is 11.4 Å². The molecule has 4 rings (SSSR count). The number of carbonyl (C=O) groups is 1. The molecule has 3 heterocycles. The van der Waals surface area contributed by atoms with Crippen molar-refractivity contribution in [2.75, 3.05) is 18.0 Å². The summed E-state index contributed by atoms with van der Waals surface area (Å²) in [6, 6.07) is 9.29. The van der Waals surface area contributed by atoms with E-state index in [-0.39, 0.29) is 30.7 Å². The average molecular weight is 429 g/mol. The quantitative estimate of drug-likeness (QED) is 0.642. The Morgan fingerprint density at radius 3 is 2.58 bits per heavy atom. The molecule has 162 valence electrons. The summed E-state index contributed by atoms with van der Waals surface area (Å²) in [5.74, 6) is 0.841. The Morgan fingerprint density at radius 1 is 1.16 bits per heavy atom. The highest BCUT2D eigenvalue weighted by Crippen LogP contribution is 2.22. The van der Waals surface area contributed by atoms with Crippen molar-refractivity contribution in [2.24, 2.45) is 0 Å². The minimum absolute atomic E-state index is 0.0319. The summed E-state index contributed by atoms with van der Waals surface area (Å²) >= 11 is 0. The molecule has 1 unspecified atom stereocenters. The van der Waals surface area contributed by atoms with Gasteiger partial charge in [-0.15, -0.1) is 15.3 Å². The Labute approximate surface area is 177 Å². The molecule has 1 N–H and O–H groups in total. The van der Waals surface area contributed by atoms with E-state index in [1.807, 2.05) is 11.8 Å². The number of nitrogens with zero attached hydrogens (tertiary/aromatic N) is 6. The number of rotatable bonds is 6. The molecule has 0 spiro atoms. The highest BCUT2D eigenvalue weighted by Gasteiger charge is 2.23. The summed E-state index contributed by atoms with van der Waals surface area (Å²) in [6.07, 6.45) is -2.53. The SMILES string of the molecule is Cc1nnn(-c2ccc(C(F)F)cc2)c1COc1ccc(N2CC(=O)NC(C)C2)nn1. The zero-order valence-electron chi connectivity index (χ0n) is 17.0. The van der Waals surface area contributed by atoms with Crippen LogP contribution in [0.5, 0.6) is 5.88 Å².